The molecular weight excluding hydrogens is 268 g/mol. The van der Waals surface area contributed by atoms with Crippen molar-refractivity contribution in [3.05, 3.63) is 29.8 Å². The lowest BCUT2D eigenvalue weighted by Gasteiger charge is -2.34. The number of benzene rings is 1. The molecule has 1 saturated carbocycles. The summed E-state index contributed by atoms with van der Waals surface area (Å²) in [6, 6.07) is 6.11. The average Bonchev–Trinajstić information content (AvgIpc) is 2.42. The standard InChI is InChI=1S/C16H22N2O3/c1-16(2)9-7-13(8-10-16)18-15(21)17-12-5-3-11(4-6-12)14(19)20/h3-6,13H,7-10H2,1-2H3,(H,19,20)(H2,17,18,21). The quantitative estimate of drug-likeness (QED) is 0.797. The number of nitrogens with one attached hydrogen (secondary N) is 2. The molecule has 5 heteroatoms. The lowest BCUT2D eigenvalue weighted by Crippen LogP contribution is -2.41. The van der Waals surface area contributed by atoms with Crippen LogP contribution in [0.2, 0.25) is 0 Å². The zero-order valence-electron chi connectivity index (χ0n) is 12.5. The first kappa shape index (κ1) is 15.4. The molecular formula is C16H22N2O3. The normalized spacial score (nSPS) is 18.0. The molecule has 0 unspecified atom stereocenters. The van der Waals surface area contributed by atoms with Crippen LogP contribution < -0.4 is 10.6 Å². The van der Waals surface area contributed by atoms with Crippen LogP contribution in [0, 0.1) is 5.41 Å². The number of urea groups is 1. The molecule has 3 N–H and O–H groups in total. The van der Waals surface area contributed by atoms with Gasteiger partial charge in [-0.05, 0) is 55.4 Å². The molecule has 1 aliphatic rings. The van der Waals surface area contributed by atoms with E-state index < -0.39 is 5.97 Å². The lowest BCUT2D eigenvalue weighted by atomic mass is 9.76. The molecule has 1 aromatic carbocycles. The largest absolute Gasteiger partial charge is 0.478 e. The number of carboxylic acids is 1. The monoisotopic (exact) mass is 290 g/mol. The summed E-state index contributed by atoms with van der Waals surface area (Å²) >= 11 is 0. The third kappa shape index (κ3) is 4.48. The van der Waals surface area contributed by atoms with Crippen LogP contribution in [-0.4, -0.2) is 23.1 Å². The van der Waals surface area contributed by atoms with Crippen molar-refractivity contribution in [1.82, 2.24) is 5.32 Å². The van der Waals surface area contributed by atoms with Crippen molar-refractivity contribution in [1.29, 1.82) is 0 Å². The lowest BCUT2D eigenvalue weighted by molar-refractivity contribution is 0.0697. The highest BCUT2D eigenvalue weighted by Crippen LogP contribution is 2.34. The number of carbonyl (C=O) groups excluding carboxylic acids is 1. The number of anilines is 1. The van der Waals surface area contributed by atoms with Crippen LogP contribution in [0.25, 0.3) is 0 Å². The van der Waals surface area contributed by atoms with E-state index in [1.54, 1.807) is 12.1 Å². The SMILES string of the molecule is CC1(C)CCC(NC(=O)Nc2ccc(C(=O)O)cc2)CC1. The van der Waals surface area contributed by atoms with E-state index in [-0.39, 0.29) is 17.6 Å². The van der Waals surface area contributed by atoms with Crippen LogP contribution in [-0.2, 0) is 0 Å². The van der Waals surface area contributed by atoms with Crippen molar-refractivity contribution in [2.24, 2.45) is 5.41 Å². The van der Waals surface area contributed by atoms with Crippen molar-refractivity contribution in [2.45, 2.75) is 45.6 Å². The second kappa shape index (κ2) is 6.16. The molecule has 21 heavy (non-hydrogen) atoms. The van der Waals surface area contributed by atoms with Crippen molar-refractivity contribution < 1.29 is 14.7 Å². The van der Waals surface area contributed by atoms with Gasteiger partial charge in [0.05, 0.1) is 5.56 Å². The van der Waals surface area contributed by atoms with Gasteiger partial charge in [-0.3, -0.25) is 0 Å². The molecule has 0 spiro atoms. The van der Waals surface area contributed by atoms with Gasteiger partial charge in [0.15, 0.2) is 0 Å². The molecule has 0 aromatic heterocycles. The van der Waals surface area contributed by atoms with E-state index in [2.05, 4.69) is 24.5 Å². The van der Waals surface area contributed by atoms with E-state index in [1.807, 2.05) is 0 Å². The zero-order chi connectivity index (χ0) is 15.5. The minimum absolute atomic E-state index is 0.204. The van der Waals surface area contributed by atoms with Gasteiger partial charge in [0.25, 0.3) is 0 Å². The van der Waals surface area contributed by atoms with Crippen LogP contribution in [0.15, 0.2) is 24.3 Å². The van der Waals surface area contributed by atoms with E-state index in [4.69, 9.17) is 5.11 Å². The van der Waals surface area contributed by atoms with Gasteiger partial charge in [0, 0.05) is 11.7 Å². The first-order chi connectivity index (χ1) is 9.85. The maximum atomic E-state index is 11.9. The molecule has 0 aliphatic heterocycles. The van der Waals surface area contributed by atoms with Crippen molar-refractivity contribution in [2.75, 3.05) is 5.32 Å². The molecule has 2 rings (SSSR count). The van der Waals surface area contributed by atoms with Gasteiger partial charge in [-0.25, -0.2) is 9.59 Å². The third-order valence-electron chi connectivity index (χ3n) is 4.06. The number of hydrogen-bond donors (Lipinski definition) is 3. The number of amides is 2. The van der Waals surface area contributed by atoms with Gasteiger partial charge in [-0.2, -0.15) is 0 Å². The van der Waals surface area contributed by atoms with Crippen LogP contribution in [0.4, 0.5) is 10.5 Å². The van der Waals surface area contributed by atoms with Crippen LogP contribution in [0.1, 0.15) is 49.9 Å². The molecule has 1 aliphatic carbocycles. The Kier molecular flexibility index (Phi) is 4.50. The predicted molar refractivity (Wildman–Crippen MR) is 81.6 cm³/mol. The molecule has 0 atom stereocenters. The van der Waals surface area contributed by atoms with E-state index >= 15 is 0 Å². The number of hydrogen-bond acceptors (Lipinski definition) is 2. The maximum Gasteiger partial charge on any atom is 0.335 e. The number of aromatic carboxylic acids is 1. The van der Waals surface area contributed by atoms with Gasteiger partial charge in [-0.1, -0.05) is 13.8 Å². The molecule has 2 amide bonds. The second-order valence-corrected chi connectivity index (χ2v) is 6.42. The van der Waals surface area contributed by atoms with Crippen molar-refractivity contribution in [3.8, 4) is 0 Å². The van der Waals surface area contributed by atoms with E-state index in [0.717, 1.165) is 25.7 Å². The Labute approximate surface area is 124 Å². The maximum absolute atomic E-state index is 11.9. The van der Waals surface area contributed by atoms with Gasteiger partial charge in [-0.15, -0.1) is 0 Å². The summed E-state index contributed by atoms with van der Waals surface area (Å²) < 4.78 is 0. The highest BCUT2D eigenvalue weighted by Gasteiger charge is 2.27. The molecule has 0 radical (unpaired) electrons. The van der Waals surface area contributed by atoms with Gasteiger partial charge >= 0.3 is 12.0 Å². The van der Waals surface area contributed by atoms with Crippen molar-refractivity contribution >= 4 is 17.7 Å². The molecule has 5 nitrogen and oxygen atoms in total. The number of carboxylic acid groups (broad SMARTS) is 1. The Morgan fingerprint density at radius 1 is 1.14 bits per heavy atom. The Morgan fingerprint density at radius 2 is 1.71 bits per heavy atom. The smallest absolute Gasteiger partial charge is 0.335 e. The molecule has 0 heterocycles. The Balaban J connectivity index is 1.83. The summed E-state index contributed by atoms with van der Waals surface area (Å²) in [7, 11) is 0. The number of rotatable bonds is 3. The van der Waals surface area contributed by atoms with Gasteiger partial charge in [0.2, 0.25) is 0 Å². The van der Waals surface area contributed by atoms with Gasteiger partial charge < -0.3 is 15.7 Å². The van der Waals surface area contributed by atoms with Crippen LogP contribution in [0.3, 0.4) is 0 Å². The average molecular weight is 290 g/mol. The summed E-state index contributed by atoms with van der Waals surface area (Å²) in [5.41, 5.74) is 1.17. The second-order valence-electron chi connectivity index (χ2n) is 6.42. The van der Waals surface area contributed by atoms with Gasteiger partial charge in [0.1, 0.15) is 0 Å². The highest BCUT2D eigenvalue weighted by atomic mass is 16.4. The third-order valence-corrected chi connectivity index (χ3v) is 4.06. The molecule has 0 bridgehead atoms. The molecule has 0 saturated heterocycles. The first-order valence-corrected chi connectivity index (χ1v) is 7.27. The zero-order valence-corrected chi connectivity index (χ0v) is 12.5. The molecule has 1 aromatic rings. The Morgan fingerprint density at radius 3 is 2.24 bits per heavy atom. The van der Waals surface area contributed by atoms with E-state index in [1.165, 1.54) is 12.1 Å². The summed E-state index contributed by atoms with van der Waals surface area (Å²) in [6.45, 7) is 4.51. The highest BCUT2D eigenvalue weighted by molar-refractivity contribution is 5.91. The molecule has 114 valence electrons. The summed E-state index contributed by atoms with van der Waals surface area (Å²) in [6.07, 6.45) is 4.23. The van der Waals surface area contributed by atoms with Crippen molar-refractivity contribution in [3.63, 3.8) is 0 Å². The van der Waals surface area contributed by atoms with E-state index in [9.17, 15) is 9.59 Å². The minimum atomic E-state index is -0.976. The summed E-state index contributed by atoms with van der Waals surface area (Å²) in [5, 5.41) is 14.5. The fraction of sp³-hybridized carbons (Fsp3) is 0.500. The summed E-state index contributed by atoms with van der Waals surface area (Å²) in [5.74, 6) is -0.976. The fourth-order valence-corrected chi connectivity index (χ4v) is 2.59. The van der Waals surface area contributed by atoms with Crippen LogP contribution in [0.5, 0.6) is 0 Å². The minimum Gasteiger partial charge on any atom is -0.478 e. The topological polar surface area (TPSA) is 78.4 Å². The predicted octanol–water partition coefficient (Wildman–Crippen LogP) is 3.48. The van der Waals surface area contributed by atoms with Crippen LogP contribution >= 0.6 is 0 Å². The fourth-order valence-electron chi connectivity index (χ4n) is 2.59. The molecule has 1 fully saturated rings. The Hall–Kier alpha value is -2.04. The van der Waals surface area contributed by atoms with E-state index in [0.29, 0.717) is 11.1 Å². The Bertz CT molecular complexity index is 513. The summed E-state index contributed by atoms with van der Waals surface area (Å²) in [4.78, 5) is 22.7. The first-order valence-electron chi connectivity index (χ1n) is 7.27. The number of carbonyl (C=O) groups is 2.